The molecule has 7 nitrogen and oxygen atoms in total. The van der Waals surface area contributed by atoms with Gasteiger partial charge in [0, 0.05) is 11.6 Å². The lowest BCUT2D eigenvalue weighted by molar-refractivity contribution is -0.384. The SMILES string of the molecule is CCOc1ccccc1NC(=S)NC(=O)c1ccc(Cl)c([N+](=O)[O-])c1. The van der Waals surface area contributed by atoms with E-state index in [4.69, 9.17) is 28.6 Å². The lowest BCUT2D eigenvalue weighted by Crippen LogP contribution is -2.34. The quantitative estimate of drug-likeness (QED) is 0.466. The Bertz CT molecular complexity index is 829. The van der Waals surface area contributed by atoms with E-state index in [1.54, 1.807) is 18.2 Å². The number of nitrogens with zero attached hydrogens (tertiary/aromatic N) is 1. The van der Waals surface area contributed by atoms with Gasteiger partial charge >= 0.3 is 0 Å². The number of rotatable bonds is 5. The summed E-state index contributed by atoms with van der Waals surface area (Å²) in [5, 5.41) is 16.2. The van der Waals surface area contributed by atoms with Crippen molar-refractivity contribution in [2.75, 3.05) is 11.9 Å². The summed E-state index contributed by atoms with van der Waals surface area (Å²) in [6.07, 6.45) is 0. The number of carbonyl (C=O) groups is 1. The fourth-order valence-electron chi connectivity index (χ4n) is 1.97. The van der Waals surface area contributed by atoms with E-state index in [2.05, 4.69) is 10.6 Å². The smallest absolute Gasteiger partial charge is 0.288 e. The van der Waals surface area contributed by atoms with E-state index in [1.165, 1.54) is 12.1 Å². The van der Waals surface area contributed by atoms with Gasteiger partial charge in [-0.1, -0.05) is 23.7 Å². The van der Waals surface area contributed by atoms with Crippen LogP contribution >= 0.6 is 23.8 Å². The van der Waals surface area contributed by atoms with Crippen LogP contribution in [0.25, 0.3) is 0 Å². The molecule has 0 spiro atoms. The molecule has 0 aromatic heterocycles. The molecule has 2 aromatic rings. The lowest BCUT2D eigenvalue weighted by atomic mass is 10.2. The third-order valence-corrected chi connectivity index (χ3v) is 3.59. The highest BCUT2D eigenvalue weighted by Gasteiger charge is 2.17. The fourth-order valence-corrected chi connectivity index (χ4v) is 2.36. The lowest BCUT2D eigenvalue weighted by Gasteiger charge is -2.13. The van der Waals surface area contributed by atoms with Crippen molar-refractivity contribution in [3.63, 3.8) is 0 Å². The highest BCUT2D eigenvalue weighted by atomic mass is 35.5. The molecule has 2 rings (SSSR count). The number of hydrogen-bond donors (Lipinski definition) is 2. The van der Waals surface area contributed by atoms with Crippen molar-refractivity contribution in [3.8, 4) is 5.75 Å². The Morgan fingerprint density at radius 2 is 2.04 bits per heavy atom. The van der Waals surface area contributed by atoms with E-state index in [-0.39, 0.29) is 21.4 Å². The highest BCUT2D eigenvalue weighted by molar-refractivity contribution is 7.80. The first-order valence-corrected chi connectivity index (χ1v) is 7.99. The summed E-state index contributed by atoms with van der Waals surface area (Å²) in [6, 6.07) is 10.9. The molecule has 9 heteroatoms. The Hall–Kier alpha value is -2.71. The Balaban J connectivity index is 2.10. The molecule has 2 N–H and O–H groups in total. The normalized spacial score (nSPS) is 10.0. The van der Waals surface area contributed by atoms with E-state index < -0.39 is 10.8 Å². The number of nitro benzene ring substituents is 1. The zero-order valence-electron chi connectivity index (χ0n) is 13.1. The second-order valence-electron chi connectivity index (χ2n) is 4.76. The zero-order chi connectivity index (χ0) is 18.4. The first-order valence-electron chi connectivity index (χ1n) is 7.20. The van der Waals surface area contributed by atoms with Gasteiger partial charge in [0.05, 0.1) is 17.2 Å². The minimum absolute atomic E-state index is 0.0368. The largest absolute Gasteiger partial charge is 0.492 e. The summed E-state index contributed by atoms with van der Waals surface area (Å²) < 4.78 is 5.46. The number of carbonyl (C=O) groups excluding carboxylic acids is 1. The average Bonchev–Trinajstić information content (AvgIpc) is 2.56. The topological polar surface area (TPSA) is 93.5 Å². The van der Waals surface area contributed by atoms with Crippen molar-refractivity contribution in [2.24, 2.45) is 0 Å². The molecule has 0 unspecified atom stereocenters. The number of anilines is 1. The van der Waals surface area contributed by atoms with Gasteiger partial charge in [0.15, 0.2) is 5.11 Å². The number of para-hydroxylation sites is 2. The molecule has 25 heavy (non-hydrogen) atoms. The van der Waals surface area contributed by atoms with E-state index in [9.17, 15) is 14.9 Å². The second kappa shape index (κ2) is 8.41. The monoisotopic (exact) mass is 379 g/mol. The molecule has 1 amide bonds. The van der Waals surface area contributed by atoms with Gasteiger partial charge in [-0.2, -0.15) is 0 Å². The van der Waals surface area contributed by atoms with Crippen LogP contribution in [0.4, 0.5) is 11.4 Å². The van der Waals surface area contributed by atoms with E-state index >= 15 is 0 Å². The molecule has 130 valence electrons. The van der Waals surface area contributed by atoms with Crippen LogP contribution < -0.4 is 15.4 Å². The Morgan fingerprint density at radius 1 is 1.32 bits per heavy atom. The molecule has 0 saturated carbocycles. The number of amides is 1. The Morgan fingerprint density at radius 3 is 2.72 bits per heavy atom. The summed E-state index contributed by atoms with van der Waals surface area (Å²) in [5.41, 5.74) is 0.310. The van der Waals surface area contributed by atoms with Gasteiger partial charge in [0.2, 0.25) is 0 Å². The standard InChI is InChI=1S/C16H14ClN3O4S/c1-2-24-14-6-4-3-5-12(14)18-16(25)19-15(21)10-7-8-11(17)13(9-10)20(22)23/h3-9H,2H2,1H3,(H2,18,19,21,25). The Labute approximate surface area is 154 Å². The summed E-state index contributed by atoms with van der Waals surface area (Å²) >= 11 is 10.8. The summed E-state index contributed by atoms with van der Waals surface area (Å²) in [6.45, 7) is 2.33. The number of thiocarbonyl (C=S) groups is 1. The number of benzene rings is 2. The third kappa shape index (κ3) is 4.88. The summed E-state index contributed by atoms with van der Waals surface area (Å²) in [7, 11) is 0. The van der Waals surface area contributed by atoms with Crippen LogP contribution in [0.15, 0.2) is 42.5 Å². The van der Waals surface area contributed by atoms with Crippen molar-refractivity contribution in [2.45, 2.75) is 6.92 Å². The molecular weight excluding hydrogens is 366 g/mol. The van der Waals surface area contributed by atoms with E-state index in [1.807, 2.05) is 13.0 Å². The van der Waals surface area contributed by atoms with Gasteiger partial charge in [0.25, 0.3) is 11.6 Å². The van der Waals surface area contributed by atoms with Crippen LogP contribution in [0.5, 0.6) is 5.75 Å². The predicted molar refractivity (Wildman–Crippen MR) is 99.4 cm³/mol. The van der Waals surface area contributed by atoms with Crippen LogP contribution in [-0.2, 0) is 0 Å². The highest BCUT2D eigenvalue weighted by Crippen LogP contribution is 2.25. The number of ether oxygens (including phenoxy) is 1. The minimum atomic E-state index is -0.659. The second-order valence-corrected chi connectivity index (χ2v) is 5.58. The van der Waals surface area contributed by atoms with Crippen molar-refractivity contribution < 1.29 is 14.5 Å². The first-order chi connectivity index (χ1) is 11.9. The zero-order valence-corrected chi connectivity index (χ0v) is 14.7. The summed E-state index contributed by atoms with van der Waals surface area (Å²) in [4.78, 5) is 22.4. The van der Waals surface area contributed by atoms with Crippen molar-refractivity contribution >= 4 is 46.2 Å². The maximum absolute atomic E-state index is 12.2. The number of hydrogen-bond acceptors (Lipinski definition) is 5. The molecule has 0 saturated heterocycles. The third-order valence-electron chi connectivity index (χ3n) is 3.07. The van der Waals surface area contributed by atoms with Crippen molar-refractivity contribution in [1.82, 2.24) is 5.32 Å². The number of nitro groups is 1. The molecule has 2 aromatic carbocycles. The van der Waals surface area contributed by atoms with Gasteiger partial charge in [-0.3, -0.25) is 20.2 Å². The maximum Gasteiger partial charge on any atom is 0.288 e. The minimum Gasteiger partial charge on any atom is -0.492 e. The molecule has 0 bridgehead atoms. The van der Waals surface area contributed by atoms with Crippen LogP contribution in [0.2, 0.25) is 5.02 Å². The molecular formula is C16H14ClN3O4S. The summed E-state index contributed by atoms with van der Waals surface area (Å²) in [5.74, 6) is -0.00473. The van der Waals surface area contributed by atoms with Crippen molar-refractivity contribution in [3.05, 3.63) is 63.2 Å². The maximum atomic E-state index is 12.2. The number of halogens is 1. The predicted octanol–water partition coefficient (Wildman–Crippen LogP) is 3.77. The Kier molecular flexibility index (Phi) is 6.26. The van der Waals surface area contributed by atoms with E-state index in [0.29, 0.717) is 18.0 Å². The molecule has 0 radical (unpaired) electrons. The van der Waals surface area contributed by atoms with Gasteiger partial charge in [0.1, 0.15) is 10.8 Å². The molecule has 0 aliphatic heterocycles. The van der Waals surface area contributed by atoms with Crippen LogP contribution in [0.3, 0.4) is 0 Å². The fraction of sp³-hybridized carbons (Fsp3) is 0.125. The van der Waals surface area contributed by atoms with Crippen LogP contribution in [0, 0.1) is 10.1 Å². The first kappa shape index (κ1) is 18.6. The average molecular weight is 380 g/mol. The van der Waals surface area contributed by atoms with Gasteiger partial charge < -0.3 is 10.1 Å². The molecule has 0 aliphatic rings. The molecule has 0 heterocycles. The molecule has 0 atom stereocenters. The van der Waals surface area contributed by atoms with Gasteiger partial charge in [-0.05, 0) is 43.4 Å². The number of nitrogens with one attached hydrogen (secondary N) is 2. The van der Waals surface area contributed by atoms with Crippen LogP contribution in [-0.4, -0.2) is 22.5 Å². The molecule has 0 fully saturated rings. The van der Waals surface area contributed by atoms with E-state index in [0.717, 1.165) is 6.07 Å². The van der Waals surface area contributed by atoms with Gasteiger partial charge in [-0.15, -0.1) is 0 Å². The van der Waals surface area contributed by atoms with Crippen molar-refractivity contribution in [1.29, 1.82) is 0 Å². The van der Waals surface area contributed by atoms with Gasteiger partial charge in [-0.25, -0.2) is 0 Å². The van der Waals surface area contributed by atoms with Crippen LogP contribution in [0.1, 0.15) is 17.3 Å². The molecule has 0 aliphatic carbocycles.